The fourth-order valence-electron chi connectivity index (χ4n) is 3.36. The van der Waals surface area contributed by atoms with Crippen LogP contribution in [0.3, 0.4) is 0 Å². The Bertz CT molecular complexity index is 1050. The number of rotatable bonds is 5. The van der Waals surface area contributed by atoms with Gasteiger partial charge in [0.25, 0.3) is 5.91 Å². The van der Waals surface area contributed by atoms with Gasteiger partial charge >= 0.3 is 0 Å². The molecule has 1 aromatic carbocycles. The van der Waals surface area contributed by atoms with Crippen LogP contribution in [0.25, 0.3) is 0 Å². The number of sulfonamides is 1. The van der Waals surface area contributed by atoms with E-state index in [1.165, 1.54) is 44.8 Å². The zero-order valence-electron chi connectivity index (χ0n) is 14.9. The lowest BCUT2D eigenvalue weighted by molar-refractivity contribution is 0.102. The third-order valence-corrected chi connectivity index (χ3v) is 8.25. The SMILES string of the molecule is CN(C1CC1)S(=O)(=O)c1ccc(C(=O)Nc2sc3c(c2C#N)CCC3)cc1. The van der Waals surface area contributed by atoms with Crippen LogP contribution >= 0.6 is 11.3 Å². The van der Waals surface area contributed by atoms with E-state index in [9.17, 15) is 18.5 Å². The summed E-state index contributed by atoms with van der Waals surface area (Å²) in [7, 11) is -1.93. The number of carbonyl (C=O) groups excluding carboxylic acids is 1. The van der Waals surface area contributed by atoms with E-state index in [0.717, 1.165) is 37.7 Å². The van der Waals surface area contributed by atoms with E-state index in [1.807, 2.05) is 0 Å². The minimum atomic E-state index is -3.53. The third kappa shape index (κ3) is 3.27. The lowest BCUT2D eigenvalue weighted by Crippen LogP contribution is -2.29. The molecule has 2 aromatic rings. The highest BCUT2D eigenvalue weighted by Gasteiger charge is 2.35. The number of anilines is 1. The molecule has 27 heavy (non-hydrogen) atoms. The molecule has 140 valence electrons. The van der Waals surface area contributed by atoms with Crippen molar-refractivity contribution >= 4 is 32.3 Å². The largest absolute Gasteiger partial charge is 0.312 e. The zero-order chi connectivity index (χ0) is 19.2. The highest BCUT2D eigenvalue weighted by atomic mass is 32.2. The van der Waals surface area contributed by atoms with Gasteiger partial charge in [-0.2, -0.15) is 9.57 Å². The van der Waals surface area contributed by atoms with Crippen LogP contribution in [-0.4, -0.2) is 31.7 Å². The van der Waals surface area contributed by atoms with Gasteiger partial charge in [-0.25, -0.2) is 8.42 Å². The molecule has 0 aliphatic heterocycles. The van der Waals surface area contributed by atoms with E-state index in [-0.39, 0.29) is 16.8 Å². The Morgan fingerprint density at radius 3 is 2.59 bits per heavy atom. The van der Waals surface area contributed by atoms with Crippen molar-refractivity contribution in [1.82, 2.24) is 4.31 Å². The van der Waals surface area contributed by atoms with Crippen molar-refractivity contribution in [2.75, 3.05) is 12.4 Å². The van der Waals surface area contributed by atoms with Crippen LogP contribution in [0.2, 0.25) is 0 Å². The van der Waals surface area contributed by atoms with Gasteiger partial charge in [-0.1, -0.05) is 0 Å². The van der Waals surface area contributed by atoms with Crippen molar-refractivity contribution in [3.63, 3.8) is 0 Å². The van der Waals surface area contributed by atoms with Crippen LogP contribution in [-0.2, 0) is 22.9 Å². The number of nitrogens with zero attached hydrogens (tertiary/aromatic N) is 2. The quantitative estimate of drug-likeness (QED) is 0.833. The van der Waals surface area contributed by atoms with Gasteiger partial charge in [0.15, 0.2) is 0 Å². The first-order valence-electron chi connectivity index (χ1n) is 8.86. The maximum atomic E-state index is 12.5. The Labute approximate surface area is 162 Å². The fraction of sp³-hybridized carbons (Fsp3) is 0.368. The smallest absolute Gasteiger partial charge is 0.256 e. The molecule has 0 spiro atoms. The number of hydrogen-bond acceptors (Lipinski definition) is 5. The molecule has 0 radical (unpaired) electrons. The molecule has 8 heteroatoms. The average Bonchev–Trinajstić information content (AvgIpc) is 3.32. The minimum Gasteiger partial charge on any atom is -0.312 e. The second kappa shape index (κ2) is 6.75. The van der Waals surface area contributed by atoms with Crippen LogP contribution in [0.1, 0.15) is 45.6 Å². The van der Waals surface area contributed by atoms with Crippen molar-refractivity contribution < 1.29 is 13.2 Å². The number of amides is 1. The molecule has 1 amide bonds. The third-order valence-electron chi connectivity index (χ3n) is 5.11. The Kier molecular flexibility index (Phi) is 4.54. The Balaban J connectivity index is 1.53. The summed E-state index contributed by atoms with van der Waals surface area (Å²) >= 11 is 1.46. The maximum Gasteiger partial charge on any atom is 0.256 e. The predicted molar refractivity (Wildman–Crippen MR) is 103 cm³/mol. The zero-order valence-corrected chi connectivity index (χ0v) is 16.5. The molecular weight excluding hydrogens is 382 g/mol. The first-order valence-corrected chi connectivity index (χ1v) is 11.1. The summed E-state index contributed by atoms with van der Waals surface area (Å²) in [6.07, 6.45) is 4.66. The summed E-state index contributed by atoms with van der Waals surface area (Å²) < 4.78 is 26.5. The molecule has 4 rings (SSSR count). The first-order chi connectivity index (χ1) is 12.9. The molecule has 0 bridgehead atoms. The van der Waals surface area contributed by atoms with Crippen molar-refractivity contribution in [2.24, 2.45) is 0 Å². The fourth-order valence-corrected chi connectivity index (χ4v) is 6.02. The number of fused-ring (bicyclic) bond motifs is 1. The highest BCUT2D eigenvalue weighted by Crippen LogP contribution is 2.38. The highest BCUT2D eigenvalue weighted by molar-refractivity contribution is 7.89. The maximum absolute atomic E-state index is 12.5. The van der Waals surface area contributed by atoms with Gasteiger partial charge in [-0.3, -0.25) is 4.79 Å². The van der Waals surface area contributed by atoms with E-state index in [4.69, 9.17) is 0 Å². The summed E-state index contributed by atoms with van der Waals surface area (Å²) in [5, 5.41) is 12.8. The number of carbonyl (C=O) groups is 1. The molecule has 2 aliphatic carbocycles. The number of nitrogens with one attached hydrogen (secondary N) is 1. The van der Waals surface area contributed by atoms with Crippen molar-refractivity contribution in [1.29, 1.82) is 5.26 Å². The summed E-state index contributed by atoms with van der Waals surface area (Å²) in [6, 6.07) is 8.23. The number of hydrogen-bond donors (Lipinski definition) is 1. The van der Waals surface area contributed by atoms with Crippen LogP contribution in [0.5, 0.6) is 0 Å². The molecule has 1 fully saturated rings. The van der Waals surface area contributed by atoms with Gasteiger partial charge in [-0.15, -0.1) is 11.3 Å². The van der Waals surface area contributed by atoms with Gasteiger partial charge in [0.2, 0.25) is 10.0 Å². The molecule has 1 saturated carbocycles. The molecule has 2 aliphatic rings. The second-order valence-electron chi connectivity index (χ2n) is 6.90. The lowest BCUT2D eigenvalue weighted by Gasteiger charge is -2.16. The molecular formula is C19H19N3O3S2. The van der Waals surface area contributed by atoms with E-state index in [1.54, 1.807) is 7.05 Å². The number of thiophene rings is 1. The summed E-state index contributed by atoms with van der Waals surface area (Å²) in [5.41, 5.74) is 1.98. The standard InChI is InChI=1S/C19H19N3O3S2/c1-22(13-7-8-13)27(24,25)14-9-5-12(6-10-14)18(23)21-19-16(11-20)15-3-2-4-17(15)26-19/h5-6,9-10,13H,2-4,7-8H2,1H3,(H,21,23). The number of benzene rings is 1. The summed E-state index contributed by atoms with van der Waals surface area (Å²) in [6.45, 7) is 0. The van der Waals surface area contributed by atoms with Gasteiger partial charge in [0.1, 0.15) is 11.1 Å². The monoisotopic (exact) mass is 401 g/mol. The molecule has 0 saturated heterocycles. The van der Waals surface area contributed by atoms with Crippen molar-refractivity contribution in [3.05, 3.63) is 45.8 Å². The average molecular weight is 402 g/mol. The van der Waals surface area contributed by atoms with Gasteiger partial charge in [-0.05, 0) is 61.9 Å². The van der Waals surface area contributed by atoms with E-state index in [2.05, 4.69) is 11.4 Å². The van der Waals surface area contributed by atoms with Crippen molar-refractivity contribution in [3.8, 4) is 6.07 Å². The van der Waals surface area contributed by atoms with Gasteiger partial charge in [0, 0.05) is 23.5 Å². The normalized spacial score (nSPS) is 16.2. The van der Waals surface area contributed by atoms with Crippen LogP contribution in [0, 0.1) is 11.3 Å². The molecule has 1 aromatic heterocycles. The van der Waals surface area contributed by atoms with E-state index < -0.39 is 10.0 Å². The number of aryl methyl sites for hydroxylation is 1. The molecule has 0 atom stereocenters. The molecule has 1 heterocycles. The Hall–Kier alpha value is -2.21. The lowest BCUT2D eigenvalue weighted by atomic mass is 10.1. The van der Waals surface area contributed by atoms with Gasteiger partial charge < -0.3 is 5.32 Å². The summed E-state index contributed by atoms with van der Waals surface area (Å²) in [4.78, 5) is 13.9. The van der Waals surface area contributed by atoms with Crippen LogP contribution < -0.4 is 5.32 Å². The molecule has 0 unspecified atom stereocenters. The number of nitriles is 1. The van der Waals surface area contributed by atoms with E-state index >= 15 is 0 Å². The molecule has 1 N–H and O–H groups in total. The predicted octanol–water partition coefficient (Wildman–Crippen LogP) is 3.14. The topological polar surface area (TPSA) is 90.3 Å². The van der Waals surface area contributed by atoms with Crippen LogP contribution in [0.4, 0.5) is 5.00 Å². The van der Waals surface area contributed by atoms with Crippen LogP contribution in [0.15, 0.2) is 29.2 Å². The Morgan fingerprint density at radius 2 is 1.96 bits per heavy atom. The van der Waals surface area contributed by atoms with Gasteiger partial charge in [0.05, 0.1) is 10.5 Å². The Morgan fingerprint density at radius 1 is 1.26 bits per heavy atom. The van der Waals surface area contributed by atoms with Crippen molar-refractivity contribution in [2.45, 2.75) is 43.0 Å². The minimum absolute atomic E-state index is 0.0863. The van der Waals surface area contributed by atoms with E-state index in [0.29, 0.717) is 16.1 Å². The molecule has 6 nitrogen and oxygen atoms in total. The first kappa shape index (κ1) is 18.2. The second-order valence-corrected chi connectivity index (χ2v) is 10.0. The summed E-state index contributed by atoms with van der Waals surface area (Å²) in [5.74, 6) is -0.342.